The summed E-state index contributed by atoms with van der Waals surface area (Å²) in [5.74, 6) is -2.42. The van der Waals surface area contributed by atoms with Gasteiger partial charge in [0, 0.05) is 17.8 Å². The second-order valence-corrected chi connectivity index (χ2v) is 9.51. The molecule has 0 aromatic heterocycles. The van der Waals surface area contributed by atoms with Crippen LogP contribution in [-0.2, 0) is 14.6 Å². The van der Waals surface area contributed by atoms with Gasteiger partial charge in [-0.3, -0.25) is 19.8 Å². The largest absolute Gasteiger partial charge is 0.304 e. The van der Waals surface area contributed by atoms with Crippen LogP contribution in [0, 0.1) is 36.8 Å². The molecule has 0 fully saturated rings. The fourth-order valence-electron chi connectivity index (χ4n) is 4.34. The van der Waals surface area contributed by atoms with Crippen LogP contribution >= 0.6 is 0 Å². The summed E-state index contributed by atoms with van der Waals surface area (Å²) in [5, 5.41) is 11.2. The second kappa shape index (κ2) is 7.50. The predicted octanol–water partition coefficient (Wildman–Crippen LogP) is 3.46. The molecule has 1 aromatic rings. The molecule has 1 amide bonds. The van der Waals surface area contributed by atoms with Crippen molar-refractivity contribution in [3.63, 3.8) is 0 Å². The van der Waals surface area contributed by atoms with E-state index in [1.54, 1.807) is 32.1 Å². The maximum Gasteiger partial charge on any atom is 0.304 e. The summed E-state index contributed by atoms with van der Waals surface area (Å²) in [6, 6.07) is 3.74. The summed E-state index contributed by atoms with van der Waals surface area (Å²) >= 11 is 0. The van der Waals surface area contributed by atoms with Gasteiger partial charge in [0.05, 0.1) is 5.69 Å². The number of amides is 1. The highest BCUT2D eigenvalue weighted by Gasteiger charge is 2.58. The number of nitrogens with zero attached hydrogens (tertiary/aromatic N) is 2. The summed E-state index contributed by atoms with van der Waals surface area (Å²) in [5.41, 5.74) is 3.29. The molecule has 1 aliphatic carbocycles. The molecule has 8 heteroatoms. The molecule has 0 aliphatic heterocycles. The van der Waals surface area contributed by atoms with Gasteiger partial charge in [0.1, 0.15) is 0 Å². The zero-order valence-corrected chi connectivity index (χ0v) is 17.8. The Bertz CT molecular complexity index is 971. The van der Waals surface area contributed by atoms with Gasteiger partial charge >= 0.3 is 5.88 Å². The van der Waals surface area contributed by atoms with E-state index in [1.807, 2.05) is 32.9 Å². The molecule has 0 radical (unpaired) electrons. The van der Waals surface area contributed by atoms with Gasteiger partial charge in [0.25, 0.3) is 0 Å². The highest BCUT2D eigenvalue weighted by atomic mass is 32.2. The summed E-state index contributed by atoms with van der Waals surface area (Å²) in [7, 11) is -4.39. The Morgan fingerprint density at radius 1 is 1.21 bits per heavy atom. The number of hydrogen-bond acceptors (Lipinski definition) is 5. The Balaban J connectivity index is 2.97. The van der Waals surface area contributed by atoms with Crippen LogP contribution in [0.4, 0.5) is 5.69 Å². The average molecular weight is 407 g/mol. The monoisotopic (exact) mass is 406 g/mol. The second-order valence-electron chi connectivity index (χ2n) is 7.40. The first-order valence-electron chi connectivity index (χ1n) is 8.94. The molecule has 2 rings (SSSR count). The zero-order chi connectivity index (χ0) is 21.4. The van der Waals surface area contributed by atoms with E-state index in [-0.39, 0.29) is 0 Å². The topological polar surface area (TPSA) is 97.6 Å². The minimum atomic E-state index is -4.39. The van der Waals surface area contributed by atoms with Crippen LogP contribution in [0.25, 0.3) is 0 Å². The molecule has 0 N–H and O–H groups in total. The van der Waals surface area contributed by atoms with Crippen molar-refractivity contribution in [1.29, 1.82) is 0 Å². The van der Waals surface area contributed by atoms with Gasteiger partial charge in [-0.05, 0) is 44.4 Å². The molecule has 2 unspecified atom stereocenters. The van der Waals surface area contributed by atoms with E-state index in [2.05, 4.69) is 0 Å². The lowest BCUT2D eigenvalue weighted by molar-refractivity contribution is -0.458. The molecule has 1 aliphatic rings. The van der Waals surface area contributed by atoms with E-state index in [9.17, 15) is 23.3 Å². The van der Waals surface area contributed by atoms with Crippen LogP contribution in [0.15, 0.2) is 35.9 Å². The number of allylic oxidation sites excluding steroid dienone is 2. The fraction of sp³-hybridized carbons (Fsp3) is 0.450. The van der Waals surface area contributed by atoms with E-state index in [0.29, 0.717) is 11.3 Å². The molecular formula is C20H26N2O5S. The van der Waals surface area contributed by atoms with Crippen LogP contribution in [0.2, 0.25) is 0 Å². The van der Waals surface area contributed by atoms with Crippen molar-refractivity contribution in [1.82, 2.24) is 0 Å². The first kappa shape index (κ1) is 21.8. The molecule has 0 spiro atoms. The first-order valence-corrected chi connectivity index (χ1v) is 10.6. The Labute approximate surface area is 165 Å². The van der Waals surface area contributed by atoms with E-state index in [0.717, 1.165) is 16.7 Å². The van der Waals surface area contributed by atoms with Crippen LogP contribution in [0.5, 0.6) is 0 Å². The number of hydrogen-bond donors (Lipinski definition) is 0. The molecule has 7 nitrogen and oxygen atoms in total. The number of carbonyl (C=O) groups is 1. The number of anilines is 1. The molecule has 0 saturated carbocycles. The third kappa shape index (κ3) is 3.37. The summed E-state index contributed by atoms with van der Waals surface area (Å²) in [6.45, 7) is 10.1. The third-order valence-electron chi connectivity index (χ3n) is 5.18. The van der Waals surface area contributed by atoms with Crippen molar-refractivity contribution in [2.45, 2.75) is 46.4 Å². The zero-order valence-electron chi connectivity index (χ0n) is 17.0. The summed E-state index contributed by atoms with van der Waals surface area (Å²) in [4.78, 5) is 22.6. The summed E-state index contributed by atoms with van der Waals surface area (Å²) in [6.07, 6.45) is 4.98. The van der Waals surface area contributed by atoms with Gasteiger partial charge in [0.15, 0.2) is 4.87 Å². The quantitative estimate of drug-likeness (QED) is 0.551. The molecule has 152 valence electrons. The average Bonchev–Trinajstić information content (AvgIpc) is 2.50. The Morgan fingerprint density at radius 2 is 1.75 bits per heavy atom. The Kier molecular flexibility index (Phi) is 5.85. The van der Waals surface area contributed by atoms with Crippen molar-refractivity contribution in [3.8, 4) is 0 Å². The van der Waals surface area contributed by atoms with Gasteiger partial charge in [-0.15, -0.1) is 0 Å². The first-order chi connectivity index (χ1) is 12.9. The molecule has 2 atom stereocenters. The van der Waals surface area contributed by atoms with Gasteiger partial charge in [0.2, 0.25) is 15.7 Å². The number of nitro groups is 1. The van der Waals surface area contributed by atoms with E-state index >= 15 is 0 Å². The standard InChI is InChI=1S/C20H26N2O5S/c1-13-10-14(2)19(15(3)11-13)22(18(6)23)20(28(26,27)12-21(24)25)16(4)8-7-9-17(20)5/h7-11,16H,12H2,1-6H3. The van der Waals surface area contributed by atoms with Crippen LogP contribution in [0.1, 0.15) is 37.5 Å². The predicted molar refractivity (Wildman–Crippen MR) is 109 cm³/mol. The van der Waals surface area contributed by atoms with E-state index < -0.39 is 37.3 Å². The van der Waals surface area contributed by atoms with Gasteiger partial charge in [-0.25, -0.2) is 8.42 Å². The molecule has 0 bridgehead atoms. The van der Waals surface area contributed by atoms with Gasteiger partial charge in [-0.1, -0.05) is 42.8 Å². The van der Waals surface area contributed by atoms with Crippen LogP contribution in [0.3, 0.4) is 0 Å². The number of sulfone groups is 1. The van der Waals surface area contributed by atoms with Crippen molar-refractivity contribution in [2.75, 3.05) is 10.8 Å². The fourth-order valence-corrected chi connectivity index (χ4v) is 6.52. The Hall–Kier alpha value is -2.48. The third-order valence-corrected chi connectivity index (χ3v) is 7.56. The van der Waals surface area contributed by atoms with Gasteiger partial charge in [-0.2, -0.15) is 0 Å². The Morgan fingerprint density at radius 3 is 2.18 bits per heavy atom. The van der Waals surface area contributed by atoms with Crippen molar-refractivity contribution in [3.05, 3.63) is 62.7 Å². The normalized spacial score (nSPS) is 21.9. The molecular weight excluding hydrogens is 380 g/mol. The smallest absolute Gasteiger partial charge is 0.287 e. The highest BCUT2D eigenvalue weighted by Crippen LogP contribution is 2.46. The lowest BCUT2D eigenvalue weighted by Crippen LogP contribution is -2.63. The minimum absolute atomic E-state index is 0.374. The van der Waals surface area contributed by atoms with E-state index in [1.165, 1.54) is 11.8 Å². The molecule has 0 heterocycles. The highest BCUT2D eigenvalue weighted by molar-refractivity contribution is 7.93. The number of carbonyl (C=O) groups excluding carboxylic acids is 1. The number of benzene rings is 1. The van der Waals surface area contributed by atoms with Crippen LogP contribution < -0.4 is 4.90 Å². The van der Waals surface area contributed by atoms with Crippen molar-refractivity contribution < 1.29 is 18.1 Å². The maximum absolute atomic E-state index is 13.4. The lowest BCUT2D eigenvalue weighted by atomic mass is 9.87. The molecule has 28 heavy (non-hydrogen) atoms. The molecule has 0 saturated heterocycles. The maximum atomic E-state index is 13.4. The SMILES string of the molecule is CC(=O)N(c1c(C)cc(C)cc1C)C1(S(=O)(=O)C[N+](=O)[O-])C(C)=CC=CC1C. The van der Waals surface area contributed by atoms with Crippen molar-refractivity contribution >= 4 is 21.4 Å². The number of rotatable bonds is 5. The van der Waals surface area contributed by atoms with E-state index in [4.69, 9.17) is 0 Å². The van der Waals surface area contributed by atoms with Gasteiger partial charge < -0.3 is 0 Å². The lowest BCUT2D eigenvalue weighted by Gasteiger charge is -2.47. The van der Waals surface area contributed by atoms with Crippen LogP contribution in [-0.4, -0.2) is 30.0 Å². The molecule has 1 aromatic carbocycles. The minimum Gasteiger partial charge on any atom is -0.287 e. The summed E-state index contributed by atoms with van der Waals surface area (Å²) < 4.78 is 26.9. The van der Waals surface area contributed by atoms with Crippen molar-refractivity contribution in [2.24, 2.45) is 5.92 Å². The number of aryl methyl sites for hydroxylation is 3.